The summed E-state index contributed by atoms with van der Waals surface area (Å²) in [6.07, 6.45) is 0. The molecule has 0 fully saturated rings. The summed E-state index contributed by atoms with van der Waals surface area (Å²) < 4.78 is 12.9. The number of fused-ring (bicyclic) bond motifs is 4. The lowest BCUT2D eigenvalue weighted by atomic mass is 9.73. The molecule has 0 atom stereocenters. The molecule has 192 valence electrons. The van der Waals surface area contributed by atoms with Gasteiger partial charge in [0.05, 0.1) is 5.69 Å². The lowest BCUT2D eigenvalue weighted by molar-refractivity contribution is 0.0712. The van der Waals surface area contributed by atoms with Gasteiger partial charge in [0.1, 0.15) is 16.9 Å². The first-order chi connectivity index (χ1) is 18.8. The summed E-state index contributed by atoms with van der Waals surface area (Å²) in [5.74, 6) is 0.971. The van der Waals surface area contributed by atoms with Gasteiger partial charge >= 0.3 is 0 Å². The van der Waals surface area contributed by atoms with E-state index in [2.05, 4.69) is 136 Å². The average Bonchev–Trinajstić information content (AvgIpc) is 3.41. The van der Waals surface area contributed by atoms with Crippen molar-refractivity contribution in [2.75, 3.05) is 4.90 Å². The highest BCUT2D eigenvalue weighted by atomic mass is 16.5. The molecule has 7 rings (SSSR count). The number of hydrogen-bond acceptors (Lipinski definition) is 3. The molecule has 1 aliphatic rings. The van der Waals surface area contributed by atoms with Crippen LogP contribution in [0.4, 0.5) is 17.1 Å². The van der Waals surface area contributed by atoms with E-state index in [-0.39, 0.29) is 11.0 Å². The van der Waals surface area contributed by atoms with Crippen LogP contribution >= 0.6 is 0 Å². The van der Waals surface area contributed by atoms with Gasteiger partial charge in [0.15, 0.2) is 5.58 Å². The molecule has 6 aromatic rings. The molecular formula is C36H31NO2. The molecule has 0 saturated heterocycles. The van der Waals surface area contributed by atoms with Crippen molar-refractivity contribution in [3.63, 3.8) is 0 Å². The van der Waals surface area contributed by atoms with E-state index in [1.807, 2.05) is 12.1 Å². The van der Waals surface area contributed by atoms with Crippen molar-refractivity contribution in [1.82, 2.24) is 0 Å². The molecule has 5 aromatic carbocycles. The van der Waals surface area contributed by atoms with Crippen molar-refractivity contribution in [3.8, 4) is 16.9 Å². The van der Waals surface area contributed by atoms with E-state index >= 15 is 0 Å². The Labute approximate surface area is 229 Å². The van der Waals surface area contributed by atoms with Crippen LogP contribution in [-0.2, 0) is 5.41 Å². The number of para-hydroxylation sites is 3. The zero-order valence-corrected chi connectivity index (χ0v) is 22.7. The van der Waals surface area contributed by atoms with Crippen LogP contribution in [0.3, 0.4) is 0 Å². The van der Waals surface area contributed by atoms with Gasteiger partial charge in [0.25, 0.3) is 0 Å². The van der Waals surface area contributed by atoms with Crippen LogP contribution in [0.25, 0.3) is 33.1 Å². The molecule has 0 aliphatic carbocycles. The average molecular weight is 510 g/mol. The highest BCUT2D eigenvalue weighted by Crippen LogP contribution is 2.51. The molecule has 0 N–H and O–H groups in total. The molecule has 3 heteroatoms. The Bertz CT molecular complexity index is 1790. The third kappa shape index (κ3) is 3.64. The van der Waals surface area contributed by atoms with E-state index in [4.69, 9.17) is 9.15 Å². The van der Waals surface area contributed by atoms with Gasteiger partial charge in [0.2, 0.25) is 0 Å². The van der Waals surface area contributed by atoms with Gasteiger partial charge in [-0.05, 0) is 79.6 Å². The van der Waals surface area contributed by atoms with Crippen molar-refractivity contribution in [2.24, 2.45) is 0 Å². The van der Waals surface area contributed by atoms with E-state index in [0.29, 0.717) is 0 Å². The van der Waals surface area contributed by atoms with E-state index < -0.39 is 0 Å². The van der Waals surface area contributed by atoms with Gasteiger partial charge in [0, 0.05) is 33.1 Å². The van der Waals surface area contributed by atoms with E-state index in [9.17, 15) is 0 Å². The van der Waals surface area contributed by atoms with E-state index in [1.165, 1.54) is 5.56 Å². The summed E-state index contributed by atoms with van der Waals surface area (Å²) in [6, 6.07) is 40.5. The van der Waals surface area contributed by atoms with E-state index in [0.717, 1.165) is 55.9 Å². The SMILES string of the molecule is CC1(C)Oc2ccc(-c3cc(N(c4ccccc4)c4ccccc4)c4oc5ccccc5c4c3)cc2C1(C)C. The normalized spacial score (nSPS) is 15.3. The molecule has 0 spiro atoms. The van der Waals surface area contributed by atoms with Crippen molar-refractivity contribution in [1.29, 1.82) is 0 Å². The maximum atomic E-state index is 6.57. The second kappa shape index (κ2) is 8.51. The minimum Gasteiger partial charge on any atom is -0.487 e. The van der Waals surface area contributed by atoms with Crippen molar-refractivity contribution < 1.29 is 9.15 Å². The van der Waals surface area contributed by atoms with Crippen LogP contribution in [-0.4, -0.2) is 5.60 Å². The standard InChI is InChI=1S/C36H31NO2/c1-35(2)30-22-24(19-20-33(30)39-36(35,3)4)25-21-29-28-17-11-12-18-32(28)38-34(29)31(23-25)37(26-13-7-5-8-14-26)27-15-9-6-10-16-27/h5-23H,1-4H3. The molecule has 1 aromatic heterocycles. The second-order valence-electron chi connectivity index (χ2n) is 11.4. The molecule has 0 radical (unpaired) electrons. The van der Waals surface area contributed by atoms with Crippen LogP contribution in [0.15, 0.2) is 120 Å². The van der Waals surface area contributed by atoms with Crippen LogP contribution in [0.5, 0.6) is 5.75 Å². The zero-order valence-electron chi connectivity index (χ0n) is 22.7. The lowest BCUT2D eigenvalue weighted by Crippen LogP contribution is -2.41. The van der Waals surface area contributed by atoms with Crippen LogP contribution in [0.2, 0.25) is 0 Å². The summed E-state index contributed by atoms with van der Waals surface area (Å²) in [6.45, 7) is 8.89. The smallest absolute Gasteiger partial charge is 0.159 e. The first-order valence-corrected chi connectivity index (χ1v) is 13.5. The topological polar surface area (TPSA) is 25.6 Å². The van der Waals surface area contributed by atoms with Gasteiger partial charge in [-0.3, -0.25) is 0 Å². The molecule has 2 heterocycles. The summed E-state index contributed by atoms with van der Waals surface area (Å²) >= 11 is 0. The highest BCUT2D eigenvalue weighted by molar-refractivity contribution is 6.12. The van der Waals surface area contributed by atoms with Crippen molar-refractivity contribution >= 4 is 39.0 Å². The van der Waals surface area contributed by atoms with Crippen molar-refractivity contribution in [2.45, 2.75) is 38.7 Å². The van der Waals surface area contributed by atoms with Crippen LogP contribution in [0.1, 0.15) is 33.3 Å². The molecule has 0 bridgehead atoms. The van der Waals surface area contributed by atoms with Gasteiger partial charge in [-0.2, -0.15) is 0 Å². The molecule has 3 nitrogen and oxygen atoms in total. The van der Waals surface area contributed by atoms with E-state index in [1.54, 1.807) is 0 Å². The van der Waals surface area contributed by atoms with Crippen LogP contribution < -0.4 is 9.64 Å². The number of rotatable bonds is 4. The lowest BCUT2D eigenvalue weighted by Gasteiger charge is -2.33. The predicted molar refractivity (Wildman–Crippen MR) is 162 cm³/mol. The Hall–Kier alpha value is -4.50. The minimum atomic E-state index is -0.277. The van der Waals surface area contributed by atoms with Gasteiger partial charge in [-0.1, -0.05) is 74.5 Å². The Morgan fingerprint density at radius 2 is 1.23 bits per heavy atom. The number of anilines is 3. The Morgan fingerprint density at radius 3 is 1.92 bits per heavy atom. The molecule has 0 amide bonds. The fourth-order valence-electron chi connectivity index (χ4n) is 5.74. The van der Waals surface area contributed by atoms with Crippen LogP contribution in [0, 0.1) is 0 Å². The third-order valence-corrected chi connectivity index (χ3v) is 8.58. The first-order valence-electron chi connectivity index (χ1n) is 13.5. The minimum absolute atomic E-state index is 0.117. The predicted octanol–water partition coefficient (Wildman–Crippen LogP) is 10.2. The number of hydrogen-bond donors (Lipinski definition) is 0. The summed E-state index contributed by atoms with van der Waals surface area (Å²) in [4.78, 5) is 2.29. The molecule has 39 heavy (non-hydrogen) atoms. The third-order valence-electron chi connectivity index (χ3n) is 8.58. The van der Waals surface area contributed by atoms with Gasteiger partial charge in [-0.25, -0.2) is 0 Å². The fourth-order valence-corrected chi connectivity index (χ4v) is 5.74. The Kier molecular flexibility index (Phi) is 5.15. The number of benzene rings is 5. The second-order valence-corrected chi connectivity index (χ2v) is 11.4. The Balaban J connectivity index is 1.52. The van der Waals surface area contributed by atoms with Gasteiger partial charge in [-0.15, -0.1) is 0 Å². The summed E-state index contributed by atoms with van der Waals surface area (Å²) in [7, 11) is 0. The molecule has 0 saturated carbocycles. The number of furan rings is 1. The molecule has 1 aliphatic heterocycles. The monoisotopic (exact) mass is 509 g/mol. The number of nitrogens with zero attached hydrogens (tertiary/aromatic N) is 1. The molecule has 0 unspecified atom stereocenters. The zero-order chi connectivity index (χ0) is 26.8. The maximum absolute atomic E-state index is 6.57. The largest absolute Gasteiger partial charge is 0.487 e. The fraction of sp³-hybridized carbons (Fsp3) is 0.167. The van der Waals surface area contributed by atoms with Crippen molar-refractivity contribution in [3.05, 3.63) is 121 Å². The van der Waals surface area contributed by atoms with Gasteiger partial charge < -0.3 is 14.1 Å². The summed E-state index contributed by atoms with van der Waals surface area (Å²) in [5.41, 5.74) is 8.08. The number of ether oxygens (including phenoxy) is 1. The Morgan fingerprint density at radius 1 is 0.590 bits per heavy atom. The maximum Gasteiger partial charge on any atom is 0.159 e. The first kappa shape index (κ1) is 23.6. The summed E-state index contributed by atoms with van der Waals surface area (Å²) in [5, 5.41) is 2.22. The highest BCUT2D eigenvalue weighted by Gasteiger charge is 2.48. The quantitative estimate of drug-likeness (QED) is 0.236. The molecular weight excluding hydrogens is 478 g/mol.